The minimum Gasteiger partial charge on any atom is -0.310 e. The molecule has 0 atom stereocenters. The van der Waals surface area contributed by atoms with Gasteiger partial charge in [-0.05, 0) is 36.8 Å². The van der Waals surface area contributed by atoms with Gasteiger partial charge in [0.2, 0.25) is 10.0 Å². The molecule has 0 bridgehead atoms. The van der Waals surface area contributed by atoms with Gasteiger partial charge in [-0.2, -0.15) is 0 Å². The first-order chi connectivity index (χ1) is 9.87. The van der Waals surface area contributed by atoms with Crippen molar-refractivity contribution < 1.29 is 8.42 Å². The molecule has 21 heavy (non-hydrogen) atoms. The molecule has 1 heterocycles. The topological polar surface area (TPSA) is 58.2 Å². The van der Waals surface area contributed by atoms with E-state index in [1.54, 1.807) is 6.07 Å². The molecule has 1 aliphatic rings. The maximum atomic E-state index is 12.4. The van der Waals surface area contributed by atoms with Crippen molar-refractivity contribution >= 4 is 21.4 Å². The van der Waals surface area contributed by atoms with E-state index in [-0.39, 0.29) is 5.41 Å². The molecule has 0 unspecified atom stereocenters. The van der Waals surface area contributed by atoms with Crippen molar-refractivity contribution in [3.05, 3.63) is 17.0 Å². The first-order valence-electron chi connectivity index (χ1n) is 7.69. The van der Waals surface area contributed by atoms with Crippen LogP contribution in [0.5, 0.6) is 0 Å². The second-order valence-electron chi connectivity index (χ2n) is 6.29. The SMILES string of the molecule is CCC1(CNS(=O)(=O)c2ccc(CNC(C)C)s2)CCC1. The summed E-state index contributed by atoms with van der Waals surface area (Å²) in [5.41, 5.74) is 0.201. The molecule has 6 heteroatoms. The lowest BCUT2D eigenvalue weighted by Crippen LogP contribution is -2.41. The molecule has 0 aliphatic heterocycles. The van der Waals surface area contributed by atoms with Crippen molar-refractivity contribution in [1.82, 2.24) is 10.0 Å². The van der Waals surface area contributed by atoms with Gasteiger partial charge >= 0.3 is 0 Å². The fourth-order valence-corrected chi connectivity index (χ4v) is 5.06. The number of nitrogens with one attached hydrogen (secondary N) is 2. The van der Waals surface area contributed by atoms with Gasteiger partial charge in [0.1, 0.15) is 4.21 Å². The normalized spacial score (nSPS) is 17.9. The zero-order chi connectivity index (χ0) is 15.5. The Kier molecular flexibility index (Phi) is 5.46. The van der Waals surface area contributed by atoms with Gasteiger partial charge in [-0.15, -0.1) is 11.3 Å². The van der Waals surface area contributed by atoms with Gasteiger partial charge in [0, 0.05) is 24.0 Å². The molecule has 0 amide bonds. The number of rotatable bonds is 8. The predicted octanol–water partition coefficient (Wildman–Crippen LogP) is 3.10. The molecule has 0 saturated heterocycles. The minimum absolute atomic E-state index is 0.201. The summed E-state index contributed by atoms with van der Waals surface area (Å²) in [5, 5.41) is 3.31. The van der Waals surface area contributed by atoms with Crippen LogP contribution in [0.2, 0.25) is 0 Å². The first-order valence-corrected chi connectivity index (χ1v) is 9.99. The summed E-state index contributed by atoms with van der Waals surface area (Å²) in [6, 6.07) is 4.00. The van der Waals surface area contributed by atoms with Crippen LogP contribution in [0.1, 0.15) is 51.3 Å². The van der Waals surface area contributed by atoms with Gasteiger partial charge in [0.15, 0.2) is 0 Å². The van der Waals surface area contributed by atoms with Crippen LogP contribution in [0.15, 0.2) is 16.3 Å². The number of hydrogen-bond acceptors (Lipinski definition) is 4. The van der Waals surface area contributed by atoms with Gasteiger partial charge in [0.25, 0.3) is 0 Å². The standard InChI is InChI=1S/C15H26N2O2S2/c1-4-15(8-5-9-15)11-17-21(18,19)14-7-6-13(20-14)10-16-12(2)3/h6-7,12,16-17H,4-5,8-11H2,1-3H3. The highest BCUT2D eigenvalue weighted by atomic mass is 32.2. The fraction of sp³-hybridized carbons (Fsp3) is 0.733. The van der Waals surface area contributed by atoms with Crippen LogP contribution in [0.25, 0.3) is 0 Å². The fourth-order valence-electron chi connectivity index (χ4n) is 2.55. The lowest BCUT2D eigenvalue weighted by Gasteiger charge is -2.41. The van der Waals surface area contributed by atoms with Crippen molar-refractivity contribution in [2.45, 2.75) is 63.3 Å². The third kappa shape index (κ3) is 4.28. The maximum absolute atomic E-state index is 12.4. The highest BCUT2D eigenvalue weighted by molar-refractivity contribution is 7.91. The van der Waals surface area contributed by atoms with Crippen molar-refractivity contribution in [3.63, 3.8) is 0 Å². The Morgan fingerprint density at radius 2 is 2.05 bits per heavy atom. The quantitative estimate of drug-likeness (QED) is 0.770. The molecule has 1 fully saturated rings. The number of hydrogen-bond donors (Lipinski definition) is 2. The summed E-state index contributed by atoms with van der Waals surface area (Å²) in [4.78, 5) is 1.05. The van der Waals surface area contributed by atoms with Crippen molar-refractivity contribution in [3.8, 4) is 0 Å². The highest BCUT2D eigenvalue weighted by Gasteiger charge is 2.36. The smallest absolute Gasteiger partial charge is 0.250 e. The summed E-state index contributed by atoms with van der Waals surface area (Å²) >= 11 is 1.35. The largest absolute Gasteiger partial charge is 0.310 e. The minimum atomic E-state index is -3.36. The third-order valence-corrected chi connectivity index (χ3v) is 7.37. The van der Waals surface area contributed by atoms with E-state index >= 15 is 0 Å². The molecule has 2 rings (SSSR count). The molecule has 1 saturated carbocycles. The molecule has 1 aromatic rings. The van der Waals surface area contributed by atoms with Gasteiger partial charge in [-0.25, -0.2) is 13.1 Å². The zero-order valence-corrected chi connectivity index (χ0v) is 14.7. The third-order valence-electron chi connectivity index (χ3n) is 4.39. The Hall–Kier alpha value is -0.430. The van der Waals surface area contributed by atoms with Gasteiger partial charge < -0.3 is 5.32 Å². The monoisotopic (exact) mass is 330 g/mol. The van der Waals surface area contributed by atoms with Gasteiger partial charge in [0.05, 0.1) is 0 Å². The molecule has 0 radical (unpaired) electrons. The molecule has 1 aromatic heterocycles. The molecule has 4 nitrogen and oxygen atoms in total. The van der Waals surface area contributed by atoms with E-state index < -0.39 is 10.0 Å². The van der Waals surface area contributed by atoms with Crippen LogP contribution in [0.3, 0.4) is 0 Å². The Bertz CT molecular complexity index is 554. The van der Waals surface area contributed by atoms with E-state index in [9.17, 15) is 8.42 Å². The van der Waals surface area contributed by atoms with E-state index in [2.05, 4.69) is 30.8 Å². The molecular formula is C15H26N2O2S2. The van der Waals surface area contributed by atoms with Crippen LogP contribution in [0.4, 0.5) is 0 Å². The number of sulfonamides is 1. The molecule has 0 spiro atoms. The molecule has 0 aromatic carbocycles. The van der Waals surface area contributed by atoms with Crippen LogP contribution >= 0.6 is 11.3 Å². The highest BCUT2D eigenvalue weighted by Crippen LogP contribution is 2.43. The van der Waals surface area contributed by atoms with Crippen molar-refractivity contribution in [1.29, 1.82) is 0 Å². The Balaban J connectivity index is 1.96. The van der Waals surface area contributed by atoms with Gasteiger partial charge in [-0.3, -0.25) is 0 Å². The van der Waals surface area contributed by atoms with E-state index in [0.29, 0.717) is 16.8 Å². The lowest BCUT2D eigenvalue weighted by molar-refractivity contribution is 0.133. The van der Waals surface area contributed by atoms with E-state index in [0.717, 1.165) is 30.7 Å². The Morgan fingerprint density at radius 3 is 2.57 bits per heavy atom. The Labute approximate surface area is 132 Å². The predicted molar refractivity (Wildman–Crippen MR) is 88.1 cm³/mol. The van der Waals surface area contributed by atoms with E-state index in [1.807, 2.05) is 6.07 Å². The second kappa shape index (κ2) is 6.77. The average Bonchev–Trinajstić information content (AvgIpc) is 2.85. The van der Waals surface area contributed by atoms with Crippen LogP contribution in [-0.2, 0) is 16.6 Å². The van der Waals surface area contributed by atoms with Crippen LogP contribution < -0.4 is 10.0 Å². The van der Waals surface area contributed by atoms with E-state index in [4.69, 9.17) is 0 Å². The zero-order valence-electron chi connectivity index (χ0n) is 13.1. The molecule has 2 N–H and O–H groups in total. The van der Waals surface area contributed by atoms with Crippen LogP contribution in [0, 0.1) is 5.41 Å². The first kappa shape index (κ1) is 16.9. The summed E-state index contributed by atoms with van der Waals surface area (Å²) < 4.78 is 28.0. The second-order valence-corrected chi connectivity index (χ2v) is 9.45. The molecule has 1 aliphatic carbocycles. The molecular weight excluding hydrogens is 304 g/mol. The summed E-state index contributed by atoms with van der Waals surface area (Å²) in [6.07, 6.45) is 4.54. The van der Waals surface area contributed by atoms with Crippen molar-refractivity contribution in [2.24, 2.45) is 5.41 Å². The number of thiophene rings is 1. The summed E-state index contributed by atoms with van der Waals surface area (Å²) in [6.45, 7) is 7.60. The average molecular weight is 331 g/mol. The van der Waals surface area contributed by atoms with E-state index in [1.165, 1.54) is 17.8 Å². The maximum Gasteiger partial charge on any atom is 0.250 e. The molecule has 120 valence electrons. The Morgan fingerprint density at radius 1 is 1.33 bits per heavy atom. The van der Waals surface area contributed by atoms with Crippen LogP contribution in [-0.4, -0.2) is 21.0 Å². The summed E-state index contributed by atoms with van der Waals surface area (Å²) in [5.74, 6) is 0. The van der Waals surface area contributed by atoms with Crippen molar-refractivity contribution in [2.75, 3.05) is 6.54 Å². The lowest BCUT2D eigenvalue weighted by atomic mass is 9.67. The van der Waals surface area contributed by atoms with Gasteiger partial charge in [-0.1, -0.05) is 27.2 Å². The summed E-state index contributed by atoms with van der Waals surface area (Å²) in [7, 11) is -3.36.